The van der Waals surface area contributed by atoms with Crippen molar-refractivity contribution in [2.24, 2.45) is 11.7 Å². The van der Waals surface area contributed by atoms with E-state index in [1.165, 1.54) is 6.07 Å². The summed E-state index contributed by atoms with van der Waals surface area (Å²) >= 11 is 0. The number of hydrogen-bond acceptors (Lipinski definition) is 4. The van der Waals surface area contributed by atoms with Gasteiger partial charge in [-0.1, -0.05) is 13.0 Å². The van der Waals surface area contributed by atoms with Gasteiger partial charge in [0.15, 0.2) is 0 Å². The Kier molecular flexibility index (Phi) is 4.25. The number of benzene rings is 1. The van der Waals surface area contributed by atoms with Crippen molar-refractivity contribution in [1.82, 2.24) is 0 Å². The molecule has 0 aliphatic rings. The number of rotatable bonds is 5. The Morgan fingerprint density at radius 1 is 1.56 bits per heavy atom. The van der Waals surface area contributed by atoms with Crippen LogP contribution in [0.5, 0.6) is 5.75 Å². The molecule has 5 heteroatoms. The van der Waals surface area contributed by atoms with Crippen LogP contribution in [-0.2, 0) is 0 Å². The van der Waals surface area contributed by atoms with Crippen molar-refractivity contribution in [2.45, 2.75) is 13.8 Å². The van der Waals surface area contributed by atoms with Gasteiger partial charge in [-0.25, -0.2) is 0 Å². The maximum atomic E-state index is 10.7. The summed E-state index contributed by atoms with van der Waals surface area (Å²) in [4.78, 5) is 10.3. The SMILES string of the molecule is Cc1c(OCC(C)CN)cccc1[N+](=O)[O-]. The van der Waals surface area contributed by atoms with E-state index in [0.717, 1.165) is 0 Å². The van der Waals surface area contributed by atoms with Gasteiger partial charge in [-0.2, -0.15) is 0 Å². The molecular weight excluding hydrogens is 208 g/mol. The lowest BCUT2D eigenvalue weighted by Crippen LogP contribution is -2.18. The average molecular weight is 224 g/mol. The van der Waals surface area contributed by atoms with Crippen LogP contribution in [0.1, 0.15) is 12.5 Å². The van der Waals surface area contributed by atoms with Crippen LogP contribution in [0.3, 0.4) is 0 Å². The Hall–Kier alpha value is -1.62. The highest BCUT2D eigenvalue weighted by molar-refractivity contribution is 5.48. The van der Waals surface area contributed by atoms with Crippen LogP contribution in [-0.4, -0.2) is 18.1 Å². The highest BCUT2D eigenvalue weighted by Crippen LogP contribution is 2.27. The lowest BCUT2D eigenvalue weighted by molar-refractivity contribution is -0.385. The minimum Gasteiger partial charge on any atom is -0.493 e. The van der Waals surface area contributed by atoms with E-state index in [1.807, 2.05) is 6.92 Å². The molecule has 0 heterocycles. The molecule has 0 bridgehead atoms. The molecule has 0 spiro atoms. The molecule has 0 saturated carbocycles. The Morgan fingerprint density at radius 3 is 2.81 bits per heavy atom. The van der Waals surface area contributed by atoms with E-state index in [9.17, 15) is 10.1 Å². The Bertz CT molecular complexity index is 379. The number of nitrogens with zero attached hydrogens (tertiary/aromatic N) is 1. The van der Waals surface area contributed by atoms with Crippen molar-refractivity contribution in [3.05, 3.63) is 33.9 Å². The highest BCUT2D eigenvalue weighted by atomic mass is 16.6. The average Bonchev–Trinajstić information content (AvgIpc) is 2.26. The van der Waals surface area contributed by atoms with E-state index in [0.29, 0.717) is 24.5 Å². The molecule has 1 unspecified atom stereocenters. The first-order valence-corrected chi connectivity index (χ1v) is 5.13. The lowest BCUT2D eigenvalue weighted by atomic mass is 10.1. The molecule has 88 valence electrons. The van der Waals surface area contributed by atoms with Gasteiger partial charge in [0.25, 0.3) is 5.69 Å². The van der Waals surface area contributed by atoms with Crippen molar-refractivity contribution in [1.29, 1.82) is 0 Å². The van der Waals surface area contributed by atoms with Crippen LogP contribution in [0.25, 0.3) is 0 Å². The summed E-state index contributed by atoms with van der Waals surface area (Å²) in [5, 5.41) is 10.7. The zero-order valence-electron chi connectivity index (χ0n) is 9.47. The van der Waals surface area contributed by atoms with Crippen molar-refractivity contribution < 1.29 is 9.66 Å². The largest absolute Gasteiger partial charge is 0.493 e. The van der Waals surface area contributed by atoms with E-state index in [-0.39, 0.29) is 11.6 Å². The molecule has 0 amide bonds. The minimum absolute atomic E-state index is 0.0814. The summed E-state index contributed by atoms with van der Waals surface area (Å²) in [6, 6.07) is 4.81. The van der Waals surface area contributed by atoms with Gasteiger partial charge >= 0.3 is 0 Å². The van der Waals surface area contributed by atoms with Gasteiger partial charge < -0.3 is 10.5 Å². The van der Waals surface area contributed by atoms with Crippen LogP contribution in [0.2, 0.25) is 0 Å². The van der Waals surface area contributed by atoms with Crippen LogP contribution < -0.4 is 10.5 Å². The van der Waals surface area contributed by atoms with Crippen LogP contribution in [0, 0.1) is 23.0 Å². The monoisotopic (exact) mass is 224 g/mol. The van der Waals surface area contributed by atoms with Crippen LogP contribution >= 0.6 is 0 Å². The molecule has 1 rings (SSSR count). The lowest BCUT2D eigenvalue weighted by Gasteiger charge is -2.12. The topological polar surface area (TPSA) is 78.4 Å². The molecule has 1 atom stereocenters. The second kappa shape index (κ2) is 5.46. The predicted molar refractivity (Wildman–Crippen MR) is 61.5 cm³/mol. The van der Waals surface area contributed by atoms with Gasteiger partial charge in [0.05, 0.1) is 17.1 Å². The van der Waals surface area contributed by atoms with Gasteiger partial charge in [0.1, 0.15) is 5.75 Å². The third-order valence-corrected chi connectivity index (χ3v) is 2.38. The van der Waals surface area contributed by atoms with Crippen molar-refractivity contribution in [3.8, 4) is 5.75 Å². The molecule has 0 aliphatic heterocycles. The summed E-state index contributed by atoms with van der Waals surface area (Å²) in [6.45, 7) is 4.65. The predicted octanol–water partition coefficient (Wildman–Crippen LogP) is 1.88. The van der Waals surface area contributed by atoms with E-state index in [1.54, 1.807) is 19.1 Å². The summed E-state index contributed by atoms with van der Waals surface area (Å²) < 4.78 is 5.50. The number of nitro benzene ring substituents is 1. The Labute approximate surface area is 94.4 Å². The summed E-state index contributed by atoms with van der Waals surface area (Å²) in [5.74, 6) is 0.785. The van der Waals surface area contributed by atoms with E-state index >= 15 is 0 Å². The van der Waals surface area contributed by atoms with Crippen molar-refractivity contribution in [3.63, 3.8) is 0 Å². The zero-order chi connectivity index (χ0) is 12.1. The maximum Gasteiger partial charge on any atom is 0.276 e. The molecule has 0 aromatic heterocycles. The highest BCUT2D eigenvalue weighted by Gasteiger charge is 2.14. The molecule has 5 nitrogen and oxygen atoms in total. The molecule has 0 aliphatic carbocycles. The van der Waals surface area contributed by atoms with Gasteiger partial charge in [-0.05, 0) is 19.5 Å². The van der Waals surface area contributed by atoms with Gasteiger partial charge in [-0.15, -0.1) is 0 Å². The fraction of sp³-hybridized carbons (Fsp3) is 0.455. The number of nitrogens with two attached hydrogens (primary N) is 1. The second-order valence-corrected chi connectivity index (χ2v) is 3.81. The van der Waals surface area contributed by atoms with E-state index < -0.39 is 4.92 Å². The van der Waals surface area contributed by atoms with Crippen LogP contribution in [0.4, 0.5) is 5.69 Å². The first kappa shape index (κ1) is 12.4. The zero-order valence-corrected chi connectivity index (χ0v) is 9.47. The summed E-state index contributed by atoms with van der Waals surface area (Å²) in [7, 11) is 0. The Balaban J connectivity index is 2.81. The maximum absolute atomic E-state index is 10.7. The molecular formula is C11H16N2O3. The molecule has 0 fully saturated rings. The summed E-state index contributed by atoms with van der Waals surface area (Å²) in [5.41, 5.74) is 6.10. The number of hydrogen-bond donors (Lipinski definition) is 1. The second-order valence-electron chi connectivity index (χ2n) is 3.81. The summed E-state index contributed by atoms with van der Waals surface area (Å²) in [6.07, 6.45) is 0. The van der Waals surface area contributed by atoms with Crippen LogP contribution in [0.15, 0.2) is 18.2 Å². The normalized spacial score (nSPS) is 12.2. The number of ether oxygens (including phenoxy) is 1. The fourth-order valence-electron chi connectivity index (χ4n) is 1.26. The number of nitro groups is 1. The first-order valence-electron chi connectivity index (χ1n) is 5.13. The molecule has 0 saturated heterocycles. The van der Waals surface area contributed by atoms with Gasteiger partial charge in [0.2, 0.25) is 0 Å². The Morgan fingerprint density at radius 2 is 2.25 bits per heavy atom. The standard InChI is InChI=1S/C11H16N2O3/c1-8(6-12)7-16-11-5-3-4-10(9(11)2)13(14)15/h3-5,8H,6-7,12H2,1-2H3. The van der Waals surface area contributed by atoms with E-state index in [2.05, 4.69) is 0 Å². The van der Waals surface area contributed by atoms with Gasteiger partial charge in [-0.3, -0.25) is 10.1 Å². The third kappa shape index (κ3) is 2.93. The molecule has 16 heavy (non-hydrogen) atoms. The fourth-order valence-corrected chi connectivity index (χ4v) is 1.26. The van der Waals surface area contributed by atoms with E-state index in [4.69, 9.17) is 10.5 Å². The van der Waals surface area contributed by atoms with Gasteiger partial charge in [0, 0.05) is 12.0 Å². The molecule has 1 aromatic carbocycles. The first-order chi connectivity index (χ1) is 7.56. The molecule has 0 radical (unpaired) electrons. The molecule has 2 N–H and O–H groups in total. The minimum atomic E-state index is -0.408. The third-order valence-electron chi connectivity index (χ3n) is 2.38. The molecule has 1 aromatic rings. The van der Waals surface area contributed by atoms with Crippen molar-refractivity contribution in [2.75, 3.05) is 13.2 Å². The smallest absolute Gasteiger partial charge is 0.276 e. The quantitative estimate of drug-likeness (QED) is 0.611. The van der Waals surface area contributed by atoms with Crippen molar-refractivity contribution >= 4 is 5.69 Å².